The van der Waals surface area contributed by atoms with E-state index in [0.717, 1.165) is 24.0 Å². The zero-order valence-corrected chi connectivity index (χ0v) is 16.9. The molecule has 3 aromatic rings. The second-order valence-electron chi connectivity index (χ2n) is 6.85. The van der Waals surface area contributed by atoms with Crippen molar-refractivity contribution in [2.45, 2.75) is 19.3 Å². The first-order chi connectivity index (χ1) is 13.6. The minimum atomic E-state index is -3.45. The van der Waals surface area contributed by atoms with E-state index >= 15 is 0 Å². The number of rotatable bonds is 6. The third kappa shape index (κ3) is 4.57. The summed E-state index contributed by atoms with van der Waals surface area (Å²) in [5.41, 5.74) is 1.81. The first-order valence-corrected chi connectivity index (χ1v) is 11.6. The molecular formula is C20H21N3O3S2. The van der Waals surface area contributed by atoms with Gasteiger partial charge in [0.2, 0.25) is 21.7 Å². The van der Waals surface area contributed by atoms with E-state index < -0.39 is 10.0 Å². The lowest BCUT2D eigenvalue weighted by molar-refractivity contribution is 0.248. The molecule has 6 nitrogen and oxygen atoms in total. The maximum absolute atomic E-state index is 12.7. The molecule has 3 heterocycles. The van der Waals surface area contributed by atoms with Gasteiger partial charge in [0.05, 0.1) is 0 Å². The zero-order chi connectivity index (χ0) is 19.4. The molecule has 0 aliphatic carbocycles. The molecule has 0 amide bonds. The molecule has 1 fully saturated rings. The van der Waals surface area contributed by atoms with E-state index in [4.69, 9.17) is 4.52 Å². The van der Waals surface area contributed by atoms with Gasteiger partial charge in [-0.25, -0.2) is 8.42 Å². The lowest BCUT2D eigenvalue weighted by atomic mass is 9.96. The third-order valence-corrected chi connectivity index (χ3v) is 7.00. The van der Waals surface area contributed by atoms with Crippen LogP contribution in [0.15, 0.2) is 57.1 Å². The molecule has 1 aliphatic heterocycles. The number of sulfonamides is 1. The van der Waals surface area contributed by atoms with E-state index in [9.17, 15) is 8.42 Å². The number of piperidine rings is 1. The molecule has 0 radical (unpaired) electrons. The molecule has 2 aromatic heterocycles. The minimum absolute atomic E-state index is 0.171. The minimum Gasteiger partial charge on any atom is -0.339 e. The molecular weight excluding hydrogens is 394 g/mol. The largest absolute Gasteiger partial charge is 0.339 e. The summed E-state index contributed by atoms with van der Waals surface area (Å²) in [4.78, 5) is 4.46. The number of thiophene rings is 1. The van der Waals surface area contributed by atoms with Gasteiger partial charge in [0.1, 0.15) is 0 Å². The Morgan fingerprint density at radius 3 is 2.89 bits per heavy atom. The fourth-order valence-corrected chi connectivity index (χ4v) is 5.27. The van der Waals surface area contributed by atoms with Crippen molar-refractivity contribution < 1.29 is 12.9 Å². The second kappa shape index (κ2) is 8.38. The van der Waals surface area contributed by atoms with Crippen LogP contribution in [0.2, 0.25) is 0 Å². The number of benzene rings is 1. The Balaban J connectivity index is 1.40. The first-order valence-electron chi connectivity index (χ1n) is 9.18. The Kier molecular flexibility index (Phi) is 5.70. The molecule has 1 aromatic carbocycles. The molecule has 1 atom stereocenters. The highest BCUT2D eigenvalue weighted by atomic mass is 32.2. The summed E-state index contributed by atoms with van der Waals surface area (Å²) in [6.45, 7) is 1.01. The summed E-state index contributed by atoms with van der Waals surface area (Å²) in [6.07, 6.45) is 4.01. The summed E-state index contributed by atoms with van der Waals surface area (Å²) in [6, 6.07) is 11.4. The van der Waals surface area contributed by atoms with Gasteiger partial charge in [-0.05, 0) is 41.8 Å². The van der Waals surface area contributed by atoms with E-state index in [0.29, 0.717) is 31.2 Å². The van der Waals surface area contributed by atoms with Crippen LogP contribution < -0.4 is 0 Å². The van der Waals surface area contributed by atoms with Crippen LogP contribution in [-0.2, 0) is 16.4 Å². The summed E-state index contributed by atoms with van der Waals surface area (Å²) < 4.78 is 32.3. The van der Waals surface area contributed by atoms with Gasteiger partial charge in [-0.1, -0.05) is 35.5 Å². The average molecular weight is 416 g/mol. The van der Waals surface area contributed by atoms with Gasteiger partial charge in [-0.3, -0.25) is 0 Å². The second-order valence-corrected chi connectivity index (χ2v) is 9.45. The molecule has 4 rings (SSSR count). The Morgan fingerprint density at radius 2 is 2.11 bits per heavy atom. The van der Waals surface area contributed by atoms with E-state index in [-0.39, 0.29) is 5.92 Å². The van der Waals surface area contributed by atoms with Crippen molar-refractivity contribution >= 4 is 27.4 Å². The normalized spacial score (nSPS) is 18.6. The summed E-state index contributed by atoms with van der Waals surface area (Å²) in [7, 11) is -3.45. The lowest BCUT2D eigenvalue weighted by Crippen LogP contribution is -2.39. The van der Waals surface area contributed by atoms with Gasteiger partial charge in [0.15, 0.2) is 0 Å². The first kappa shape index (κ1) is 19.0. The molecule has 1 unspecified atom stereocenters. The van der Waals surface area contributed by atoms with E-state index in [1.165, 1.54) is 5.41 Å². The van der Waals surface area contributed by atoms with Crippen molar-refractivity contribution in [2.24, 2.45) is 5.92 Å². The topological polar surface area (TPSA) is 76.3 Å². The van der Waals surface area contributed by atoms with Crippen LogP contribution >= 0.6 is 11.3 Å². The molecule has 28 heavy (non-hydrogen) atoms. The van der Waals surface area contributed by atoms with E-state index in [1.54, 1.807) is 21.7 Å². The lowest BCUT2D eigenvalue weighted by Gasteiger charge is -2.30. The van der Waals surface area contributed by atoms with Crippen molar-refractivity contribution in [1.29, 1.82) is 0 Å². The molecule has 0 spiro atoms. The highest BCUT2D eigenvalue weighted by molar-refractivity contribution is 7.92. The smallest absolute Gasteiger partial charge is 0.236 e. The van der Waals surface area contributed by atoms with Crippen molar-refractivity contribution in [2.75, 3.05) is 13.1 Å². The Hall–Kier alpha value is -2.29. The molecule has 1 saturated heterocycles. The standard InChI is InChI=1S/C20H21N3O3S2/c24-28(25,12-9-16-5-2-1-3-6-16)23-10-4-7-17(14-23)13-19-21-20(22-26-19)18-8-11-27-15-18/h1-3,5-6,8-9,11-12,15,17H,4,7,10,13-14H2/b12-9+. The van der Waals surface area contributed by atoms with Crippen molar-refractivity contribution in [1.82, 2.24) is 14.4 Å². The van der Waals surface area contributed by atoms with Gasteiger partial charge < -0.3 is 4.52 Å². The Labute approximate surface area is 168 Å². The van der Waals surface area contributed by atoms with Crippen LogP contribution in [0.4, 0.5) is 0 Å². The number of nitrogens with zero attached hydrogens (tertiary/aromatic N) is 3. The van der Waals surface area contributed by atoms with Gasteiger partial charge >= 0.3 is 0 Å². The van der Waals surface area contributed by atoms with Gasteiger partial charge in [-0.15, -0.1) is 0 Å². The summed E-state index contributed by atoms with van der Waals surface area (Å²) >= 11 is 1.58. The van der Waals surface area contributed by atoms with Gasteiger partial charge in [0.25, 0.3) is 0 Å². The fourth-order valence-electron chi connectivity index (χ4n) is 3.33. The highest BCUT2D eigenvalue weighted by Crippen LogP contribution is 2.25. The van der Waals surface area contributed by atoms with Crippen LogP contribution in [0, 0.1) is 5.92 Å². The van der Waals surface area contributed by atoms with Gasteiger partial charge in [-0.2, -0.15) is 20.6 Å². The Bertz CT molecular complexity index is 1030. The monoisotopic (exact) mass is 415 g/mol. The molecule has 0 bridgehead atoms. The van der Waals surface area contributed by atoms with Crippen molar-refractivity contribution in [3.8, 4) is 11.4 Å². The maximum Gasteiger partial charge on any atom is 0.236 e. The van der Waals surface area contributed by atoms with Crippen molar-refractivity contribution in [3.05, 3.63) is 64.0 Å². The van der Waals surface area contributed by atoms with E-state index in [1.807, 2.05) is 47.2 Å². The summed E-state index contributed by atoms with van der Waals surface area (Å²) in [5.74, 6) is 1.32. The predicted octanol–water partition coefficient (Wildman–Crippen LogP) is 4.05. The molecule has 146 valence electrons. The van der Waals surface area contributed by atoms with Crippen LogP contribution in [0.1, 0.15) is 24.3 Å². The molecule has 0 saturated carbocycles. The van der Waals surface area contributed by atoms with Crippen molar-refractivity contribution in [3.63, 3.8) is 0 Å². The average Bonchev–Trinajstić information content (AvgIpc) is 3.39. The maximum atomic E-state index is 12.7. The highest BCUT2D eigenvalue weighted by Gasteiger charge is 2.28. The SMILES string of the molecule is O=S(=O)(/C=C/c1ccccc1)N1CCCC(Cc2nc(-c3ccsc3)no2)C1. The fraction of sp³-hybridized carbons (Fsp3) is 0.300. The Morgan fingerprint density at radius 1 is 1.25 bits per heavy atom. The van der Waals surface area contributed by atoms with Gasteiger partial charge in [0, 0.05) is 35.9 Å². The number of hydrogen-bond donors (Lipinski definition) is 0. The zero-order valence-electron chi connectivity index (χ0n) is 15.3. The third-order valence-electron chi connectivity index (χ3n) is 4.78. The molecule has 0 N–H and O–H groups in total. The summed E-state index contributed by atoms with van der Waals surface area (Å²) in [5, 5.41) is 9.28. The molecule has 8 heteroatoms. The van der Waals surface area contributed by atoms with Crippen LogP contribution in [-0.4, -0.2) is 36.0 Å². The van der Waals surface area contributed by atoms with Crippen LogP contribution in [0.25, 0.3) is 17.5 Å². The number of aromatic nitrogens is 2. The number of hydrogen-bond acceptors (Lipinski definition) is 6. The van der Waals surface area contributed by atoms with Crippen LogP contribution in [0.5, 0.6) is 0 Å². The molecule has 1 aliphatic rings. The predicted molar refractivity (Wildman–Crippen MR) is 110 cm³/mol. The quantitative estimate of drug-likeness (QED) is 0.607. The van der Waals surface area contributed by atoms with E-state index in [2.05, 4.69) is 10.1 Å². The van der Waals surface area contributed by atoms with Crippen LogP contribution in [0.3, 0.4) is 0 Å².